The third kappa shape index (κ3) is 2.97. The normalized spacial score (nSPS) is 17.8. The molecular formula is C22H18O10. The van der Waals surface area contributed by atoms with Gasteiger partial charge in [-0.25, -0.2) is 0 Å². The number of aromatic hydroxyl groups is 5. The van der Waals surface area contributed by atoms with Gasteiger partial charge in [-0.15, -0.1) is 0 Å². The number of fused-ring (bicyclic) bond motifs is 1. The molecule has 32 heavy (non-hydrogen) atoms. The summed E-state index contributed by atoms with van der Waals surface area (Å²) < 4.78 is 5.08. The maximum atomic E-state index is 12.9. The van der Waals surface area contributed by atoms with Crippen LogP contribution < -0.4 is 4.74 Å². The van der Waals surface area contributed by atoms with Crippen molar-refractivity contribution in [2.75, 3.05) is 0 Å². The summed E-state index contributed by atoms with van der Waals surface area (Å²) in [5.41, 5.74) is -0.386. The first-order valence-electron chi connectivity index (χ1n) is 9.25. The topological polar surface area (TPSA) is 188 Å². The van der Waals surface area contributed by atoms with E-state index in [9.17, 15) is 45.6 Å². The molecule has 10 heteroatoms. The van der Waals surface area contributed by atoms with E-state index in [2.05, 4.69) is 0 Å². The second-order valence-corrected chi connectivity index (χ2v) is 7.37. The van der Waals surface area contributed by atoms with E-state index in [1.165, 1.54) is 36.4 Å². The minimum Gasteiger partial charge on any atom is -0.504 e. The lowest BCUT2D eigenvalue weighted by molar-refractivity contribution is -0.322. The van der Waals surface area contributed by atoms with Crippen LogP contribution >= 0.6 is 0 Å². The predicted molar refractivity (Wildman–Crippen MR) is 106 cm³/mol. The van der Waals surface area contributed by atoms with E-state index < -0.39 is 51.7 Å². The molecule has 0 amide bonds. The lowest BCUT2D eigenvalue weighted by Gasteiger charge is -2.35. The highest BCUT2D eigenvalue weighted by Crippen LogP contribution is 2.51. The molecule has 1 aliphatic rings. The first-order chi connectivity index (χ1) is 15.0. The van der Waals surface area contributed by atoms with Gasteiger partial charge in [0.2, 0.25) is 11.5 Å². The van der Waals surface area contributed by atoms with Crippen LogP contribution in [0.1, 0.15) is 27.0 Å². The Labute approximate surface area is 180 Å². The van der Waals surface area contributed by atoms with Gasteiger partial charge >= 0.3 is 5.79 Å². The number of ether oxygens (including phenoxy) is 1. The van der Waals surface area contributed by atoms with Gasteiger partial charge in [-0.05, 0) is 29.7 Å². The van der Waals surface area contributed by atoms with Crippen molar-refractivity contribution >= 4 is 5.78 Å². The summed E-state index contributed by atoms with van der Waals surface area (Å²) >= 11 is 0. The monoisotopic (exact) mass is 442 g/mol. The van der Waals surface area contributed by atoms with Crippen LogP contribution in [-0.4, -0.2) is 52.4 Å². The van der Waals surface area contributed by atoms with Crippen molar-refractivity contribution in [3.8, 4) is 34.5 Å². The molecule has 0 saturated carbocycles. The Morgan fingerprint density at radius 1 is 0.844 bits per heavy atom. The highest BCUT2D eigenvalue weighted by atomic mass is 16.7. The van der Waals surface area contributed by atoms with E-state index in [1.54, 1.807) is 6.07 Å². The Kier molecular flexibility index (Phi) is 4.66. The fourth-order valence-electron chi connectivity index (χ4n) is 3.62. The van der Waals surface area contributed by atoms with Crippen molar-refractivity contribution in [2.24, 2.45) is 0 Å². The van der Waals surface area contributed by atoms with Gasteiger partial charge in [0.25, 0.3) is 5.79 Å². The van der Waals surface area contributed by atoms with Gasteiger partial charge in [-0.1, -0.05) is 30.3 Å². The molecule has 1 atom stereocenters. The lowest BCUT2D eigenvalue weighted by Crippen LogP contribution is -2.59. The Morgan fingerprint density at radius 3 is 2.22 bits per heavy atom. The Morgan fingerprint density at radius 2 is 1.53 bits per heavy atom. The van der Waals surface area contributed by atoms with E-state index in [0.717, 1.165) is 6.07 Å². The number of phenolic OH excluding ortho intramolecular Hbond substituents is 5. The number of benzene rings is 3. The fourth-order valence-corrected chi connectivity index (χ4v) is 3.62. The van der Waals surface area contributed by atoms with Crippen molar-refractivity contribution in [3.05, 3.63) is 70.8 Å². The molecule has 0 spiro atoms. The van der Waals surface area contributed by atoms with E-state index >= 15 is 0 Å². The highest BCUT2D eigenvalue weighted by Gasteiger charge is 2.64. The summed E-state index contributed by atoms with van der Waals surface area (Å²) in [6.07, 6.45) is -0.00305. The molecule has 1 heterocycles. The number of ketones is 1. The van der Waals surface area contributed by atoms with Crippen LogP contribution in [-0.2, 0) is 12.2 Å². The van der Waals surface area contributed by atoms with Crippen molar-refractivity contribution in [2.45, 2.75) is 18.0 Å². The SMILES string of the molecule is O=C1c2c(cc(O)c(O)c2O)OC1(O)C(O)(O)c1ccccc1Cc1ccc(O)c(O)c1. The molecule has 0 radical (unpaired) electrons. The molecule has 0 aliphatic carbocycles. The van der Waals surface area contributed by atoms with Crippen molar-refractivity contribution < 1.29 is 50.4 Å². The fraction of sp³-hybridized carbons (Fsp3) is 0.136. The van der Waals surface area contributed by atoms with Gasteiger partial charge in [0.1, 0.15) is 11.3 Å². The molecule has 0 bridgehead atoms. The smallest absolute Gasteiger partial charge is 0.333 e. The number of rotatable bonds is 4. The van der Waals surface area contributed by atoms with Gasteiger partial charge in [-0.2, -0.15) is 0 Å². The maximum absolute atomic E-state index is 12.9. The summed E-state index contributed by atoms with van der Waals surface area (Å²) in [6.45, 7) is 0. The second kappa shape index (κ2) is 7.02. The molecular weight excluding hydrogens is 424 g/mol. The van der Waals surface area contributed by atoms with Gasteiger partial charge in [-0.3, -0.25) is 4.79 Å². The summed E-state index contributed by atoms with van der Waals surface area (Å²) in [6, 6.07) is 10.4. The molecule has 10 nitrogen and oxygen atoms in total. The third-order valence-corrected chi connectivity index (χ3v) is 5.31. The standard InChI is InChI=1S/C22H18O10/c23-13-6-5-10(8-14(13)24)7-11-3-1-2-4-12(11)21(29,30)22(31)20(28)17-16(32-22)9-15(25)18(26)19(17)27/h1-6,8-9,23-27,29-31H,7H2. The third-order valence-electron chi connectivity index (χ3n) is 5.31. The number of carbonyl (C=O) groups excluding carboxylic acids is 1. The molecule has 0 fully saturated rings. The van der Waals surface area contributed by atoms with Crippen LogP contribution in [0.15, 0.2) is 48.5 Å². The summed E-state index contributed by atoms with van der Waals surface area (Å²) in [4.78, 5) is 12.9. The van der Waals surface area contributed by atoms with Crippen LogP contribution in [0, 0.1) is 0 Å². The average molecular weight is 442 g/mol. The zero-order chi connectivity index (χ0) is 23.4. The van der Waals surface area contributed by atoms with Gasteiger partial charge in [0, 0.05) is 11.6 Å². The quantitative estimate of drug-likeness (QED) is 0.213. The average Bonchev–Trinajstić information content (AvgIpc) is 3.01. The van der Waals surface area contributed by atoms with E-state index in [-0.39, 0.29) is 23.3 Å². The zero-order valence-corrected chi connectivity index (χ0v) is 16.2. The Bertz CT molecular complexity index is 1250. The van der Waals surface area contributed by atoms with Crippen LogP contribution in [0.2, 0.25) is 0 Å². The van der Waals surface area contributed by atoms with E-state index in [4.69, 9.17) is 4.74 Å². The first kappa shape index (κ1) is 21.2. The van der Waals surface area contributed by atoms with E-state index in [0.29, 0.717) is 5.56 Å². The van der Waals surface area contributed by atoms with E-state index in [1.807, 2.05) is 0 Å². The Balaban J connectivity index is 1.78. The number of Topliss-reactive ketones (excluding diaryl/α,β-unsaturated/α-hetero) is 1. The second-order valence-electron chi connectivity index (χ2n) is 7.37. The number of hydrogen-bond acceptors (Lipinski definition) is 10. The van der Waals surface area contributed by atoms with Gasteiger partial charge < -0.3 is 45.6 Å². The number of aliphatic hydroxyl groups is 3. The molecule has 0 aromatic heterocycles. The van der Waals surface area contributed by atoms with Gasteiger partial charge in [0.15, 0.2) is 23.0 Å². The molecule has 4 rings (SSSR count). The van der Waals surface area contributed by atoms with Crippen molar-refractivity contribution in [3.63, 3.8) is 0 Å². The van der Waals surface area contributed by atoms with Crippen LogP contribution in [0.3, 0.4) is 0 Å². The zero-order valence-electron chi connectivity index (χ0n) is 16.2. The van der Waals surface area contributed by atoms with Crippen LogP contribution in [0.5, 0.6) is 34.5 Å². The van der Waals surface area contributed by atoms with Crippen molar-refractivity contribution in [1.29, 1.82) is 0 Å². The van der Waals surface area contributed by atoms with Crippen LogP contribution in [0.4, 0.5) is 0 Å². The summed E-state index contributed by atoms with van der Waals surface area (Å²) in [5, 5.41) is 81.3. The molecule has 1 aliphatic heterocycles. The predicted octanol–water partition coefficient (Wildman–Crippen LogP) is 0.907. The molecule has 8 N–H and O–H groups in total. The Hall–Kier alpha value is -3.99. The molecule has 1 unspecified atom stereocenters. The minimum absolute atomic E-state index is 0.00305. The number of carbonyl (C=O) groups is 1. The number of hydrogen-bond donors (Lipinski definition) is 8. The minimum atomic E-state index is -3.35. The number of phenols is 5. The molecule has 3 aromatic rings. The largest absolute Gasteiger partial charge is 0.504 e. The maximum Gasteiger partial charge on any atom is 0.333 e. The molecule has 3 aromatic carbocycles. The molecule has 166 valence electrons. The summed E-state index contributed by atoms with van der Waals surface area (Å²) in [5.74, 6) is -12.4. The first-order valence-corrected chi connectivity index (χ1v) is 9.25. The summed E-state index contributed by atoms with van der Waals surface area (Å²) in [7, 11) is 0. The van der Waals surface area contributed by atoms with Crippen LogP contribution in [0.25, 0.3) is 0 Å². The highest BCUT2D eigenvalue weighted by molar-refractivity contribution is 6.10. The molecule has 0 saturated heterocycles. The lowest BCUT2D eigenvalue weighted by atomic mass is 9.87. The van der Waals surface area contributed by atoms with Gasteiger partial charge in [0.05, 0.1) is 0 Å². The van der Waals surface area contributed by atoms with Crippen molar-refractivity contribution in [1.82, 2.24) is 0 Å².